The summed E-state index contributed by atoms with van der Waals surface area (Å²) in [7, 11) is 1.59. The molecule has 4 nitrogen and oxygen atoms in total. The molecule has 5 heteroatoms. The molecule has 0 fully saturated rings. The minimum atomic E-state index is -0.0814. The summed E-state index contributed by atoms with van der Waals surface area (Å²) in [5.74, 6) is 0. The molecule has 0 saturated heterocycles. The molecule has 1 aromatic rings. The Balaban J connectivity index is 2.85. The predicted octanol–water partition coefficient (Wildman–Crippen LogP) is 0.652. The minimum absolute atomic E-state index is 0.0814. The second kappa shape index (κ2) is 4.37. The van der Waals surface area contributed by atoms with Gasteiger partial charge in [0, 0.05) is 13.3 Å². The van der Waals surface area contributed by atoms with E-state index >= 15 is 0 Å². The summed E-state index contributed by atoms with van der Waals surface area (Å²) in [6, 6.07) is 0. The van der Waals surface area contributed by atoms with Crippen molar-refractivity contribution in [1.82, 2.24) is 9.55 Å². The van der Waals surface area contributed by atoms with Gasteiger partial charge in [-0.05, 0) is 15.9 Å². The van der Waals surface area contributed by atoms with Gasteiger partial charge in [-0.25, -0.2) is 4.98 Å². The normalized spacial score (nSPS) is 10.2. The van der Waals surface area contributed by atoms with Crippen LogP contribution < -0.4 is 5.56 Å². The maximum absolute atomic E-state index is 11.3. The lowest BCUT2D eigenvalue weighted by atomic mass is 10.6. The molecule has 1 rings (SSSR count). The van der Waals surface area contributed by atoms with Crippen LogP contribution in [0.5, 0.6) is 0 Å². The SMILES string of the molecule is COCCn1cncc(Br)c1=O. The van der Waals surface area contributed by atoms with Crippen LogP contribution in [0.2, 0.25) is 0 Å². The molecule has 0 spiro atoms. The number of ether oxygens (including phenoxy) is 1. The second-order valence-corrected chi connectivity index (χ2v) is 3.09. The first kappa shape index (κ1) is 9.41. The van der Waals surface area contributed by atoms with Gasteiger partial charge in [0.2, 0.25) is 0 Å². The topological polar surface area (TPSA) is 44.1 Å². The highest BCUT2D eigenvalue weighted by Crippen LogP contribution is 1.97. The molecule has 0 unspecified atom stereocenters. The van der Waals surface area contributed by atoms with E-state index in [9.17, 15) is 4.79 Å². The molecular weight excluding hydrogens is 224 g/mol. The van der Waals surface area contributed by atoms with Crippen molar-refractivity contribution in [3.05, 3.63) is 27.4 Å². The van der Waals surface area contributed by atoms with Crippen molar-refractivity contribution in [2.24, 2.45) is 0 Å². The quantitative estimate of drug-likeness (QED) is 0.769. The molecule has 12 heavy (non-hydrogen) atoms. The van der Waals surface area contributed by atoms with Gasteiger partial charge in [-0.2, -0.15) is 0 Å². The number of aromatic nitrogens is 2. The van der Waals surface area contributed by atoms with E-state index in [4.69, 9.17) is 4.74 Å². The lowest BCUT2D eigenvalue weighted by Crippen LogP contribution is -2.22. The smallest absolute Gasteiger partial charge is 0.267 e. The average Bonchev–Trinajstić information content (AvgIpc) is 2.08. The van der Waals surface area contributed by atoms with Crippen LogP contribution >= 0.6 is 15.9 Å². The summed E-state index contributed by atoms with van der Waals surface area (Å²) in [5, 5.41) is 0. The van der Waals surface area contributed by atoms with Crippen LogP contribution in [0.1, 0.15) is 0 Å². The minimum Gasteiger partial charge on any atom is -0.383 e. The molecular formula is C7H9BrN2O2. The molecule has 66 valence electrons. The van der Waals surface area contributed by atoms with E-state index in [1.165, 1.54) is 17.1 Å². The van der Waals surface area contributed by atoms with Crippen molar-refractivity contribution in [2.45, 2.75) is 6.54 Å². The summed E-state index contributed by atoms with van der Waals surface area (Å²) in [6.07, 6.45) is 2.97. The van der Waals surface area contributed by atoms with Gasteiger partial charge in [0.15, 0.2) is 0 Å². The van der Waals surface area contributed by atoms with Gasteiger partial charge < -0.3 is 4.74 Å². The van der Waals surface area contributed by atoms with Crippen molar-refractivity contribution in [3.63, 3.8) is 0 Å². The Morgan fingerprint density at radius 2 is 2.50 bits per heavy atom. The Labute approximate surface area is 78.3 Å². The van der Waals surface area contributed by atoms with Crippen LogP contribution in [0, 0.1) is 0 Å². The zero-order chi connectivity index (χ0) is 8.97. The van der Waals surface area contributed by atoms with Gasteiger partial charge in [0.25, 0.3) is 5.56 Å². The average molecular weight is 233 g/mol. The van der Waals surface area contributed by atoms with E-state index in [0.717, 1.165) is 0 Å². The molecule has 0 bridgehead atoms. The third kappa shape index (κ3) is 2.15. The molecule has 0 N–H and O–H groups in total. The highest BCUT2D eigenvalue weighted by molar-refractivity contribution is 9.10. The van der Waals surface area contributed by atoms with E-state index in [-0.39, 0.29) is 5.56 Å². The molecule has 0 saturated carbocycles. The number of rotatable bonds is 3. The first-order valence-corrected chi connectivity index (χ1v) is 4.24. The lowest BCUT2D eigenvalue weighted by Gasteiger charge is -2.02. The summed E-state index contributed by atoms with van der Waals surface area (Å²) < 4.78 is 6.80. The van der Waals surface area contributed by atoms with Crippen LogP contribution in [0.15, 0.2) is 21.8 Å². The molecule has 0 aliphatic rings. The monoisotopic (exact) mass is 232 g/mol. The number of hydrogen-bond donors (Lipinski definition) is 0. The van der Waals surface area contributed by atoms with Gasteiger partial charge in [0.05, 0.1) is 19.5 Å². The predicted molar refractivity (Wildman–Crippen MR) is 48.1 cm³/mol. The van der Waals surface area contributed by atoms with Crippen LogP contribution in [-0.2, 0) is 11.3 Å². The van der Waals surface area contributed by atoms with E-state index in [1.54, 1.807) is 7.11 Å². The van der Waals surface area contributed by atoms with Crippen LogP contribution in [-0.4, -0.2) is 23.3 Å². The number of nitrogens with zero attached hydrogens (tertiary/aromatic N) is 2. The zero-order valence-electron chi connectivity index (χ0n) is 6.66. The summed E-state index contributed by atoms with van der Waals surface area (Å²) in [6.45, 7) is 1.04. The molecule has 0 aromatic carbocycles. The fraction of sp³-hybridized carbons (Fsp3) is 0.429. The highest BCUT2D eigenvalue weighted by Gasteiger charge is 1.98. The first-order valence-electron chi connectivity index (χ1n) is 3.44. The maximum atomic E-state index is 11.3. The van der Waals surface area contributed by atoms with E-state index in [1.807, 2.05) is 0 Å². The third-order valence-corrected chi connectivity index (χ3v) is 1.94. The Hall–Kier alpha value is -0.680. The number of hydrogen-bond acceptors (Lipinski definition) is 3. The Morgan fingerprint density at radius 3 is 3.17 bits per heavy atom. The van der Waals surface area contributed by atoms with Gasteiger partial charge in [-0.1, -0.05) is 0 Å². The molecule has 0 radical (unpaired) electrons. The van der Waals surface area contributed by atoms with E-state index in [2.05, 4.69) is 20.9 Å². The number of halogens is 1. The summed E-state index contributed by atoms with van der Waals surface area (Å²) >= 11 is 3.10. The first-order chi connectivity index (χ1) is 5.75. The fourth-order valence-electron chi connectivity index (χ4n) is 0.773. The van der Waals surface area contributed by atoms with Crippen molar-refractivity contribution in [1.29, 1.82) is 0 Å². The third-order valence-electron chi connectivity index (χ3n) is 1.40. The Morgan fingerprint density at radius 1 is 1.75 bits per heavy atom. The zero-order valence-corrected chi connectivity index (χ0v) is 8.24. The lowest BCUT2D eigenvalue weighted by molar-refractivity contribution is 0.186. The van der Waals surface area contributed by atoms with Crippen molar-refractivity contribution >= 4 is 15.9 Å². The Bertz CT molecular complexity index is 311. The van der Waals surface area contributed by atoms with Gasteiger partial charge in [0.1, 0.15) is 4.47 Å². The van der Waals surface area contributed by atoms with Crippen LogP contribution in [0.25, 0.3) is 0 Å². The highest BCUT2D eigenvalue weighted by atomic mass is 79.9. The fourth-order valence-corrected chi connectivity index (χ4v) is 1.12. The molecule has 1 aromatic heterocycles. The molecule has 0 aliphatic carbocycles. The molecule has 0 amide bonds. The molecule has 0 aliphatic heterocycles. The molecule has 1 heterocycles. The van der Waals surface area contributed by atoms with Crippen LogP contribution in [0.3, 0.4) is 0 Å². The largest absolute Gasteiger partial charge is 0.383 e. The molecule has 0 atom stereocenters. The summed E-state index contributed by atoms with van der Waals surface area (Å²) in [5.41, 5.74) is -0.0814. The van der Waals surface area contributed by atoms with Gasteiger partial charge in [-0.3, -0.25) is 9.36 Å². The maximum Gasteiger partial charge on any atom is 0.267 e. The van der Waals surface area contributed by atoms with Crippen LogP contribution in [0.4, 0.5) is 0 Å². The standard InChI is InChI=1S/C7H9BrN2O2/c1-12-3-2-10-5-9-4-6(8)7(10)11/h4-5H,2-3H2,1H3. The Kier molecular flexibility index (Phi) is 3.43. The van der Waals surface area contributed by atoms with Crippen molar-refractivity contribution < 1.29 is 4.74 Å². The van der Waals surface area contributed by atoms with E-state index < -0.39 is 0 Å². The van der Waals surface area contributed by atoms with Gasteiger partial charge >= 0.3 is 0 Å². The van der Waals surface area contributed by atoms with E-state index in [0.29, 0.717) is 17.6 Å². The van der Waals surface area contributed by atoms with Crippen molar-refractivity contribution in [2.75, 3.05) is 13.7 Å². The van der Waals surface area contributed by atoms with Gasteiger partial charge in [-0.15, -0.1) is 0 Å². The number of methoxy groups -OCH3 is 1. The van der Waals surface area contributed by atoms with Crippen molar-refractivity contribution in [3.8, 4) is 0 Å². The second-order valence-electron chi connectivity index (χ2n) is 2.23. The summed E-state index contributed by atoms with van der Waals surface area (Å²) in [4.78, 5) is 15.2.